The van der Waals surface area contributed by atoms with E-state index in [0.717, 1.165) is 25.7 Å². The van der Waals surface area contributed by atoms with E-state index in [1.54, 1.807) is 0 Å². The lowest BCUT2D eigenvalue weighted by atomic mass is 9.82. The Morgan fingerprint density at radius 3 is 2.48 bits per heavy atom. The molecular weight excluding hydrogens is 290 g/mol. The molecule has 0 spiro atoms. The second-order valence-corrected chi connectivity index (χ2v) is 7.93. The van der Waals surface area contributed by atoms with Crippen LogP contribution >= 0.6 is 0 Å². The molecule has 3 N–H and O–H groups in total. The van der Waals surface area contributed by atoms with Gasteiger partial charge in [0.2, 0.25) is 0 Å². The van der Waals surface area contributed by atoms with Crippen molar-refractivity contribution in [3.8, 4) is 0 Å². The smallest absolute Gasteiger partial charge is 0.315 e. The Bertz CT molecular complexity index is 361. The van der Waals surface area contributed by atoms with Crippen molar-refractivity contribution in [2.45, 2.75) is 76.9 Å². The summed E-state index contributed by atoms with van der Waals surface area (Å²) in [5.74, 6) is 0.951. The number of nitrogens with zero attached hydrogens (tertiary/aromatic N) is 1. The van der Waals surface area contributed by atoms with E-state index in [2.05, 4.69) is 36.4 Å². The standard InChI is InChI=1S/C18H35N3O2/c1-13(2)9-14(7-8-22)12-19-18(23)20-15-10-16-5-4-6-17(11-15)21(16)3/h13-17,22H,4-12H2,1-3H3,(H2,19,20,23). The minimum Gasteiger partial charge on any atom is -0.396 e. The maximum absolute atomic E-state index is 12.2. The first-order valence-electron chi connectivity index (χ1n) is 9.36. The lowest BCUT2D eigenvalue weighted by Gasteiger charge is -2.47. The molecule has 134 valence electrons. The first-order chi connectivity index (χ1) is 11.0. The lowest BCUT2D eigenvalue weighted by molar-refractivity contribution is 0.0508. The number of urea groups is 1. The van der Waals surface area contributed by atoms with Crippen molar-refractivity contribution in [3.05, 3.63) is 0 Å². The number of nitrogens with one attached hydrogen (secondary N) is 2. The molecule has 2 bridgehead atoms. The fourth-order valence-electron chi connectivity index (χ4n) is 4.36. The number of hydrogen-bond donors (Lipinski definition) is 3. The van der Waals surface area contributed by atoms with E-state index in [-0.39, 0.29) is 12.6 Å². The third-order valence-electron chi connectivity index (χ3n) is 5.57. The highest BCUT2D eigenvalue weighted by Gasteiger charge is 2.36. The molecule has 2 heterocycles. The van der Waals surface area contributed by atoms with Crippen LogP contribution < -0.4 is 10.6 Å². The number of piperidine rings is 2. The Labute approximate surface area is 141 Å². The highest BCUT2D eigenvalue weighted by molar-refractivity contribution is 5.74. The zero-order valence-electron chi connectivity index (χ0n) is 15.1. The molecule has 3 unspecified atom stereocenters. The van der Waals surface area contributed by atoms with Gasteiger partial charge in [-0.05, 0) is 57.4 Å². The first-order valence-corrected chi connectivity index (χ1v) is 9.36. The SMILES string of the molecule is CC(C)CC(CCO)CNC(=O)NC1CC2CCCC(C1)N2C. The lowest BCUT2D eigenvalue weighted by Crippen LogP contribution is -2.56. The van der Waals surface area contributed by atoms with Crippen molar-refractivity contribution >= 4 is 6.03 Å². The van der Waals surface area contributed by atoms with E-state index in [0.29, 0.717) is 36.5 Å². The molecule has 0 aromatic carbocycles. The highest BCUT2D eigenvalue weighted by Crippen LogP contribution is 2.32. The maximum Gasteiger partial charge on any atom is 0.315 e. The van der Waals surface area contributed by atoms with E-state index >= 15 is 0 Å². The predicted octanol–water partition coefficient (Wildman–Crippen LogP) is 2.35. The van der Waals surface area contributed by atoms with Gasteiger partial charge in [-0.15, -0.1) is 0 Å². The number of fused-ring (bicyclic) bond motifs is 2. The molecule has 2 fully saturated rings. The molecule has 0 radical (unpaired) electrons. The van der Waals surface area contributed by atoms with Crippen LogP contribution in [0.3, 0.4) is 0 Å². The Morgan fingerprint density at radius 1 is 1.26 bits per heavy atom. The third kappa shape index (κ3) is 5.64. The number of carbonyl (C=O) groups is 1. The van der Waals surface area contributed by atoms with E-state index < -0.39 is 0 Å². The van der Waals surface area contributed by atoms with E-state index in [4.69, 9.17) is 5.11 Å². The van der Waals surface area contributed by atoms with Crippen LogP contribution in [0.1, 0.15) is 58.8 Å². The van der Waals surface area contributed by atoms with Crippen LogP contribution in [0.25, 0.3) is 0 Å². The molecule has 2 aliphatic heterocycles. The minimum atomic E-state index is -0.0377. The summed E-state index contributed by atoms with van der Waals surface area (Å²) in [4.78, 5) is 14.7. The largest absolute Gasteiger partial charge is 0.396 e. The van der Waals surface area contributed by atoms with Crippen molar-refractivity contribution in [3.63, 3.8) is 0 Å². The van der Waals surface area contributed by atoms with E-state index in [1.165, 1.54) is 19.3 Å². The first kappa shape index (κ1) is 18.5. The zero-order chi connectivity index (χ0) is 16.8. The van der Waals surface area contributed by atoms with Gasteiger partial charge in [0.1, 0.15) is 0 Å². The average molecular weight is 325 g/mol. The molecular formula is C18H35N3O2. The molecule has 5 nitrogen and oxygen atoms in total. The summed E-state index contributed by atoms with van der Waals surface area (Å²) in [6, 6.07) is 1.54. The van der Waals surface area contributed by atoms with Gasteiger partial charge in [0.05, 0.1) is 0 Å². The highest BCUT2D eigenvalue weighted by atomic mass is 16.3. The molecule has 5 heteroatoms. The Hall–Kier alpha value is -0.810. The molecule has 2 rings (SSSR count). The number of amides is 2. The van der Waals surface area contributed by atoms with Gasteiger partial charge in [-0.1, -0.05) is 20.3 Å². The molecule has 0 aliphatic carbocycles. The predicted molar refractivity (Wildman–Crippen MR) is 93.4 cm³/mol. The van der Waals surface area contributed by atoms with Gasteiger partial charge in [0.25, 0.3) is 0 Å². The summed E-state index contributed by atoms with van der Waals surface area (Å²) in [6.45, 7) is 5.21. The zero-order valence-corrected chi connectivity index (χ0v) is 15.1. The molecule has 0 saturated carbocycles. The van der Waals surface area contributed by atoms with Gasteiger partial charge in [-0.2, -0.15) is 0 Å². The quantitative estimate of drug-likeness (QED) is 0.673. The summed E-state index contributed by atoms with van der Waals surface area (Å²) < 4.78 is 0. The summed E-state index contributed by atoms with van der Waals surface area (Å²) in [5, 5.41) is 15.4. The van der Waals surface area contributed by atoms with Crippen LogP contribution in [-0.2, 0) is 0 Å². The van der Waals surface area contributed by atoms with Crippen LogP contribution in [0.5, 0.6) is 0 Å². The fourth-order valence-corrected chi connectivity index (χ4v) is 4.36. The van der Waals surface area contributed by atoms with Crippen LogP contribution in [0.2, 0.25) is 0 Å². The second kappa shape index (κ2) is 8.88. The van der Waals surface area contributed by atoms with Crippen LogP contribution in [0, 0.1) is 11.8 Å². The second-order valence-electron chi connectivity index (χ2n) is 7.93. The normalized spacial score (nSPS) is 29.3. The molecule has 2 saturated heterocycles. The van der Waals surface area contributed by atoms with Gasteiger partial charge in [-0.3, -0.25) is 0 Å². The van der Waals surface area contributed by atoms with Gasteiger partial charge < -0.3 is 20.6 Å². The third-order valence-corrected chi connectivity index (χ3v) is 5.57. The van der Waals surface area contributed by atoms with Crippen molar-refractivity contribution in [2.24, 2.45) is 11.8 Å². The van der Waals surface area contributed by atoms with Crippen LogP contribution in [-0.4, -0.2) is 54.4 Å². The topological polar surface area (TPSA) is 64.6 Å². The fraction of sp³-hybridized carbons (Fsp3) is 0.944. The molecule has 2 amide bonds. The minimum absolute atomic E-state index is 0.0377. The monoisotopic (exact) mass is 325 g/mol. The Morgan fingerprint density at radius 2 is 1.91 bits per heavy atom. The van der Waals surface area contributed by atoms with Gasteiger partial charge >= 0.3 is 6.03 Å². The number of rotatable bonds is 7. The van der Waals surface area contributed by atoms with Crippen molar-refractivity contribution in [1.29, 1.82) is 0 Å². The number of aliphatic hydroxyl groups excluding tert-OH is 1. The number of aliphatic hydroxyl groups is 1. The summed E-state index contributed by atoms with van der Waals surface area (Å²) in [6.07, 6.45) is 7.81. The molecule has 23 heavy (non-hydrogen) atoms. The molecule has 2 aliphatic rings. The Kier molecular flexibility index (Phi) is 7.15. The van der Waals surface area contributed by atoms with Crippen LogP contribution in [0.15, 0.2) is 0 Å². The molecule has 3 atom stereocenters. The molecule has 0 aromatic heterocycles. The Balaban J connectivity index is 1.74. The van der Waals surface area contributed by atoms with Crippen LogP contribution in [0.4, 0.5) is 4.79 Å². The van der Waals surface area contributed by atoms with Crippen molar-refractivity contribution in [2.75, 3.05) is 20.2 Å². The van der Waals surface area contributed by atoms with E-state index in [1.807, 2.05) is 0 Å². The van der Waals surface area contributed by atoms with Crippen molar-refractivity contribution in [1.82, 2.24) is 15.5 Å². The number of carbonyl (C=O) groups excluding carboxylic acids is 1. The maximum atomic E-state index is 12.2. The summed E-state index contributed by atoms with van der Waals surface area (Å²) in [5.41, 5.74) is 0. The van der Waals surface area contributed by atoms with Gasteiger partial charge in [0, 0.05) is 31.3 Å². The van der Waals surface area contributed by atoms with Crippen molar-refractivity contribution < 1.29 is 9.90 Å². The van der Waals surface area contributed by atoms with E-state index in [9.17, 15) is 4.79 Å². The van der Waals surface area contributed by atoms with Gasteiger partial charge in [-0.25, -0.2) is 4.79 Å². The average Bonchev–Trinajstić information content (AvgIpc) is 2.45. The summed E-state index contributed by atoms with van der Waals surface area (Å²) >= 11 is 0. The summed E-state index contributed by atoms with van der Waals surface area (Å²) in [7, 11) is 2.23. The van der Waals surface area contributed by atoms with Gasteiger partial charge in [0.15, 0.2) is 0 Å². The molecule has 0 aromatic rings. The number of hydrogen-bond acceptors (Lipinski definition) is 3.